The number of halogens is 5. The van der Waals surface area contributed by atoms with Crippen LogP contribution < -0.4 is 5.32 Å². The summed E-state index contributed by atoms with van der Waals surface area (Å²) in [7, 11) is 0. The smallest absolute Gasteiger partial charge is 0.256 e. The number of anilines is 1. The van der Waals surface area contributed by atoms with E-state index >= 15 is 0 Å². The SMILES string of the molecule is O=C(Nc1cc(F)c(F)c(F)c1)c1cc(Br)ccc1Br. The van der Waals surface area contributed by atoms with E-state index in [1.54, 1.807) is 12.1 Å². The summed E-state index contributed by atoms with van der Waals surface area (Å²) in [4.78, 5) is 12.0. The second-order valence-electron chi connectivity index (χ2n) is 3.83. The van der Waals surface area contributed by atoms with Gasteiger partial charge in [-0.3, -0.25) is 4.79 Å². The van der Waals surface area contributed by atoms with E-state index in [4.69, 9.17) is 0 Å². The second kappa shape index (κ2) is 5.97. The van der Waals surface area contributed by atoms with E-state index in [0.717, 1.165) is 0 Å². The summed E-state index contributed by atoms with van der Waals surface area (Å²) in [5.74, 6) is -4.89. The van der Waals surface area contributed by atoms with E-state index in [9.17, 15) is 18.0 Å². The molecule has 0 aromatic heterocycles. The Morgan fingerprint density at radius 3 is 2.20 bits per heavy atom. The zero-order chi connectivity index (χ0) is 14.9. The van der Waals surface area contributed by atoms with Crippen molar-refractivity contribution >= 4 is 43.5 Å². The van der Waals surface area contributed by atoms with Gasteiger partial charge in [-0.2, -0.15) is 0 Å². The molecule has 0 radical (unpaired) electrons. The minimum absolute atomic E-state index is 0.168. The molecule has 2 nitrogen and oxygen atoms in total. The maximum Gasteiger partial charge on any atom is 0.256 e. The Bertz CT molecular complexity index is 668. The van der Waals surface area contributed by atoms with Crippen LogP contribution in [0.3, 0.4) is 0 Å². The van der Waals surface area contributed by atoms with E-state index in [1.165, 1.54) is 6.07 Å². The van der Waals surface area contributed by atoms with Gasteiger partial charge >= 0.3 is 0 Å². The van der Waals surface area contributed by atoms with E-state index in [-0.39, 0.29) is 11.3 Å². The summed E-state index contributed by atoms with van der Waals surface area (Å²) in [5, 5.41) is 2.30. The number of rotatable bonds is 2. The van der Waals surface area contributed by atoms with Crippen LogP contribution >= 0.6 is 31.9 Å². The van der Waals surface area contributed by atoms with Crippen LogP contribution in [-0.2, 0) is 0 Å². The summed E-state index contributed by atoms with van der Waals surface area (Å²) in [5.41, 5.74) is 0.0998. The van der Waals surface area contributed by atoms with Gasteiger partial charge in [0.2, 0.25) is 0 Å². The van der Waals surface area contributed by atoms with Gasteiger partial charge in [0.1, 0.15) is 0 Å². The maximum atomic E-state index is 13.1. The molecule has 0 fully saturated rings. The molecule has 1 amide bonds. The van der Waals surface area contributed by atoms with E-state index in [1.807, 2.05) is 0 Å². The molecule has 2 aromatic rings. The van der Waals surface area contributed by atoms with E-state index in [2.05, 4.69) is 37.2 Å². The fourth-order valence-corrected chi connectivity index (χ4v) is 2.29. The lowest BCUT2D eigenvalue weighted by Gasteiger charge is -2.08. The molecule has 0 atom stereocenters. The number of nitrogens with one attached hydrogen (secondary N) is 1. The Morgan fingerprint density at radius 2 is 1.60 bits per heavy atom. The normalized spacial score (nSPS) is 10.4. The van der Waals surface area contributed by atoms with Crippen molar-refractivity contribution in [1.29, 1.82) is 0 Å². The van der Waals surface area contributed by atoms with Gasteiger partial charge in [-0.15, -0.1) is 0 Å². The van der Waals surface area contributed by atoms with Crippen LogP contribution in [0.2, 0.25) is 0 Å². The zero-order valence-corrected chi connectivity index (χ0v) is 12.9. The van der Waals surface area contributed by atoms with Gasteiger partial charge in [0.05, 0.1) is 5.56 Å². The standard InChI is InChI=1S/C13H6Br2F3NO/c14-6-1-2-9(15)8(3-6)13(20)19-7-4-10(16)12(18)11(17)5-7/h1-5H,(H,19,20). The molecule has 0 unspecified atom stereocenters. The fourth-order valence-electron chi connectivity index (χ4n) is 1.50. The van der Waals surface area contributed by atoms with Gasteiger partial charge in [-0.05, 0) is 34.1 Å². The number of carbonyl (C=O) groups is 1. The summed E-state index contributed by atoms with van der Waals surface area (Å²) in [6.07, 6.45) is 0. The third kappa shape index (κ3) is 3.21. The Labute approximate surface area is 129 Å². The molecule has 0 aliphatic carbocycles. The van der Waals surface area contributed by atoms with E-state index < -0.39 is 23.4 Å². The van der Waals surface area contributed by atoms with Gasteiger partial charge in [0.15, 0.2) is 17.5 Å². The molecule has 7 heteroatoms. The average molecular weight is 409 g/mol. The van der Waals surface area contributed by atoms with Crippen molar-refractivity contribution in [3.8, 4) is 0 Å². The molecule has 0 heterocycles. The van der Waals surface area contributed by atoms with Crippen molar-refractivity contribution in [2.75, 3.05) is 5.32 Å². The molecule has 1 N–H and O–H groups in total. The Balaban J connectivity index is 2.30. The first kappa shape index (κ1) is 15.1. The monoisotopic (exact) mass is 407 g/mol. The summed E-state index contributed by atoms with van der Waals surface area (Å²) in [6, 6.07) is 6.32. The molecule has 0 aliphatic rings. The van der Waals surface area contributed by atoms with Crippen molar-refractivity contribution in [3.05, 3.63) is 62.3 Å². The highest BCUT2D eigenvalue weighted by molar-refractivity contribution is 9.11. The minimum atomic E-state index is -1.58. The summed E-state index contributed by atoms with van der Waals surface area (Å²) < 4.78 is 40.1. The zero-order valence-electron chi connectivity index (χ0n) is 9.68. The van der Waals surface area contributed by atoms with Gasteiger partial charge in [0, 0.05) is 26.8 Å². The van der Waals surface area contributed by atoms with Crippen LogP contribution in [0, 0.1) is 17.5 Å². The number of benzene rings is 2. The van der Waals surface area contributed by atoms with Crippen molar-refractivity contribution in [3.63, 3.8) is 0 Å². The van der Waals surface area contributed by atoms with Crippen molar-refractivity contribution in [2.24, 2.45) is 0 Å². The third-order valence-corrected chi connectivity index (χ3v) is 3.60. The van der Waals surface area contributed by atoms with Crippen LogP contribution in [0.25, 0.3) is 0 Å². The van der Waals surface area contributed by atoms with Crippen LogP contribution in [0.4, 0.5) is 18.9 Å². The second-order valence-corrected chi connectivity index (χ2v) is 5.60. The maximum absolute atomic E-state index is 13.1. The molecular formula is C13H6Br2F3NO. The number of carbonyl (C=O) groups excluding carboxylic acids is 1. The van der Waals surface area contributed by atoms with Crippen LogP contribution in [0.15, 0.2) is 39.3 Å². The average Bonchev–Trinajstić information content (AvgIpc) is 2.38. The largest absolute Gasteiger partial charge is 0.322 e. The highest BCUT2D eigenvalue weighted by Gasteiger charge is 2.15. The minimum Gasteiger partial charge on any atom is -0.322 e. The number of hydrogen-bond donors (Lipinski definition) is 1. The summed E-state index contributed by atoms with van der Waals surface area (Å²) >= 11 is 6.41. The fraction of sp³-hybridized carbons (Fsp3) is 0. The molecule has 20 heavy (non-hydrogen) atoms. The first-order valence-corrected chi connectivity index (χ1v) is 6.88. The lowest BCUT2D eigenvalue weighted by Crippen LogP contribution is -2.13. The molecule has 2 aromatic carbocycles. The predicted molar refractivity (Wildman–Crippen MR) is 76.1 cm³/mol. The van der Waals surface area contributed by atoms with Crippen molar-refractivity contribution in [2.45, 2.75) is 0 Å². The number of amides is 1. The third-order valence-electron chi connectivity index (χ3n) is 2.41. The lowest BCUT2D eigenvalue weighted by atomic mass is 10.2. The molecule has 0 bridgehead atoms. The molecule has 0 aliphatic heterocycles. The molecule has 104 valence electrons. The lowest BCUT2D eigenvalue weighted by molar-refractivity contribution is 0.102. The first-order valence-electron chi connectivity index (χ1n) is 5.29. The van der Waals surface area contributed by atoms with Gasteiger partial charge in [-0.1, -0.05) is 15.9 Å². The predicted octanol–water partition coefficient (Wildman–Crippen LogP) is 4.88. The summed E-state index contributed by atoms with van der Waals surface area (Å²) in [6.45, 7) is 0. The number of hydrogen-bond acceptors (Lipinski definition) is 1. The Hall–Kier alpha value is -1.34. The molecule has 0 spiro atoms. The first-order chi connectivity index (χ1) is 9.38. The van der Waals surface area contributed by atoms with E-state index in [0.29, 0.717) is 21.1 Å². The van der Waals surface area contributed by atoms with Crippen molar-refractivity contribution < 1.29 is 18.0 Å². The van der Waals surface area contributed by atoms with Gasteiger partial charge in [0.25, 0.3) is 5.91 Å². The topological polar surface area (TPSA) is 29.1 Å². The highest BCUT2D eigenvalue weighted by atomic mass is 79.9. The Morgan fingerprint density at radius 1 is 1.00 bits per heavy atom. The Kier molecular flexibility index (Phi) is 4.49. The van der Waals surface area contributed by atoms with Gasteiger partial charge < -0.3 is 5.32 Å². The highest BCUT2D eigenvalue weighted by Crippen LogP contribution is 2.23. The van der Waals surface area contributed by atoms with Crippen LogP contribution in [0.5, 0.6) is 0 Å². The quantitative estimate of drug-likeness (QED) is 0.705. The van der Waals surface area contributed by atoms with Gasteiger partial charge in [-0.25, -0.2) is 13.2 Å². The molecule has 0 saturated carbocycles. The molecule has 2 rings (SSSR count). The van der Waals surface area contributed by atoms with Crippen LogP contribution in [-0.4, -0.2) is 5.91 Å². The molecular weight excluding hydrogens is 403 g/mol. The molecule has 0 saturated heterocycles. The van der Waals surface area contributed by atoms with Crippen molar-refractivity contribution in [1.82, 2.24) is 0 Å². The van der Waals surface area contributed by atoms with Crippen LogP contribution in [0.1, 0.15) is 10.4 Å².